The number of hydrogen-bond donors (Lipinski definition) is 1. The summed E-state index contributed by atoms with van der Waals surface area (Å²) in [4.78, 5) is 31.2. The number of nitrogens with one attached hydrogen (secondary N) is 1. The number of aryl methyl sites for hydroxylation is 1. The van der Waals surface area contributed by atoms with Crippen LogP contribution >= 0.6 is 11.6 Å². The van der Waals surface area contributed by atoms with Crippen LogP contribution in [0.2, 0.25) is 5.02 Å². The van der Waals surface area contributed by atoms with Gasteiger partial charge in [0.05, 0.1) is 17.5 Å². The van der Waals surface area contributed by atoms with Crippen molar-refractivity contribution < 1.29 is 18.5 Å². The highest BCUT2D eigenvalue weighted by Crippen LogP contribution is 2.24. The van der Waals surface area contributed by atoms with Crippen LogP contribution in [0.4, 0.5) is 5.69 Å². The average Bonchev–Trinajstić information content (AvgIpc) is 3.49. The highest BCUT2D eigenvalue weighted by atomic mass is 35.5. The molecule has 0 unspecified atom stereocenters. The first-order valence-corrected chi connectivity index (χ1v) is 9.73. The number of aromatic nitrogens is 2. The summed E-state index contributed by atoms with van der Waals surface area (Å²) in [5.41, 5.74) is 0.837. The number of amides is 2. The van der Waals surface area contributed by atoms with Crippen molar-refractivity contribution in [1.82, 2.24) is 15.0 Å². The highest BCUT2D eigenvalue weighted by molar-refractivity contribution is 6.31. The lowest BCUT2D eigenvalue weighted by Crippen LogP contribution is -2.29. The van der Waals surface area contributed by atoms with Gasteiger partial charge in [0.15, 0.2) is 5.76 Å². The van der Waals surface area contributed by atoms with Gasteiger partial charge in [-0.2, -0.15) is 4.98 Å². The third-order valence-electron chi connectivity index (χ3n) is 4.65. The molecule has 0 atom stereocenters. The quantitative estimate of drug-likeness (QED) is 0.658. The summed E-state index contributed by atoms with van der Waals surface area (Å²) in [6, 6.07) is 8.33. The van der Waals surface area contributed by atoms with Crippen LogP contribution in [0.5, 0.6) is 0 Å². The van der Waals surface area contributed by atoms with Crippen LogP contribution in [0.1, 0.15) is 35.5 Å². The molecule has 0 radical (unpaired) electrons. The van der Waals surface area contributed by atoms with Crippen molar-refractivity contribution in [3.63, 3.8) is 0 Å². The number of hydrogen-bond acceptors (Lipinski definition) is 6. The zero-order valence-corrected chi connectivity index (χ0v) is 16.3. The molecule has 3 aromatic rings. The summed E-state index contributed by atoms with van der Waals surface area (Å²) < 4.78 is 10.4. The molecule has 0 aliphatic carbocycles. The van der Waals surface area contributed by atoms with Crippen molar-refractivity contribution in [3.8, 4) is 11.6 Å². The molecule has 1 N–H and O–H groups in total. The van der Waals surface area contributed by atoms with Crippen molar-refractivity contribution in [2.45, 2.75) is 25.7 Å². The minimum absolute atomic E-state index is 0.125. The number of carbonyl (C=O) groups is 2. The van der Waals surface area contributed by atoms with Gasteiger partial charge in [-0.15, -0.1) is 0 Å². The highest BCUT2D eigenvalue weighted by Gasteiger charge is 2.23. The Balaban J connectivity index is 1.40. The first-order valence-electron chi connectivity index (χ1n) is 9.35. The van der Waals surface area contributed by atoms with Crippen molar-refractivity contribution >= 4 is 29.1 Å². The van der Waals surface area contributed by atoms with E-state index in [2.05, 4.69) is 15.5 Å². The topological polar surface area (TPSA) is 101 Å². The van der Waals surface area contributed by atoms with E-state index >= 15 is 0 Å². The van der Waals surface area contributed by atoms with Crippen LogP contribution in [0.3, 0.4) is 0 Å². The van der Waals surface area contributed by atoms with Crippen LogP contribution in [0.15, 0.2) is 45.5 Å². The molecule has 1 aliphatic heterocycles. The number of anilines is 1. The van der Waals surface area contributed by atoms with E-state index in [0.717, 1.165) is 12.8 Å². The summed E-state index contributed by atoms with van der Waals surface area (Å²) in [7, 11) is 0. The lowest BCUT2D eigenvalue weighted by Gasteiger charge is -2.18. The Morgan fingerprint density at radius 2 is 2.03 bits per heavy atom. The smallest absolute Gasteiger partial charge is 0.256 e. The molecule has 1 aliphatic rings. The average molecular weight is 415 g/mol. The molecule has 1 saturated heterocycles. The van der Waals surface area contributed by atoms with Crippen molar-refractivity contribution in [1.29, 1.82) is 0 Å². The number of nitrogens with zero attached hydrogens (tertiary/aromatic N) is 3. The SMILES string of the molecule is O=C(CCc1nc(-c2ccco2)no1)Nc1ccc(Cl)cc1C(=O)N1CCCC1. The number of carbonyl (C=O) groups excluding carboxylic acids is 2. The lowest BCUT2D eigenvalue weighted by atomic mass is 10.1. The van der Waals surface area contributed by atoms with Crippen LogP contribution in [-0.4, -0.2) is 39.9 Å². The van der Waals surface area contributed by atoms with E-state index in [1.54, 1.807) is 35.2 Å². The summed E-state index contributed by atoms with van der Waals surface area (Å²) >= 11 is 6.07. The third kappa shape index (κ3) is 4.48. The number of benzene rings is 1. The Morgan fingerprint density at radius 1 is 1.21 bits per heavy atom. The first-order chi connectivity index (χ1) is 14.1. The van der Waals surface area contributed by atoms with E-state index in [0.29, 0.717) is 46.8 Å². The standard InChI is InChI=1S/C20H19ClN4O4/c21-13-5-6-15(14(12-13)20(27)25-9-1-2-10-25)22-17(26)7-8-18-23-19(24-29-18)16-4-3-11-28-16/h3-6,11-12H,1-2,7-10H2,(H,22,26). The zero-order valence-electron chi connectivity index (χ0n) is 15.6. The molecule has 150 valence electrons. The third-order valence-corrected chi connectivity index (χ3v) is 4.89. The van der Waals surface area contributed by atoms with Crippen molar-refractivity contribution in [2.75, 3.05) is 18.4 Å². The molecular formula is C20H19ClN4O4. The minimum atomic E-state index is -0.263. The van der Waals surface area contributed by atoms with E-state index in [1.165, 1.54) is 6.26 Å². The van der Waals surface area contributed by atoms with Gasteiger partial charge in [0.2, 0.25) is 17.6 Å². The molecule has 0 bridgehead atoms. The summed E-state index contributed by atoms with van der Waals surface area (Å²) in [6.07, 6.45) is 3.88. The van der Waals surface area contributed by atoms with Gasteiger partial charge in [-0.3, -0.25) is 9.59 Å². The predicted octanol–water partition coefficient (Wildman–Crippen LogP) is 3.79. The molecule has 29 heavy (non-hydrogen) atoms. The van der Waals surface area contributed by atoms with Gasteiger partial charge in [0.1, 0.15) is 0 Å². The van der Waals surface area contributed by atoms with E-state index in [1.807, 2.05) is 0 Å². The maximum absolute atomic E-state index is 12.8. The maximum atomic E-state index is 12.8. The normalized spacial score (nSPS) is 13.6. The van der Waals surface area contributed by atoms with E-state index in [-0.39, 0.29) is 24.7 Å². The van der Waals surface area contributed by atoms with Gasteiger partial charge in [0, 0.05) is 31.0 Å². The number of furan rings is 1. The molecular weight excluding hydrogens is 396 g/mol. The molecule has 2 amide bonds. The molecule has 8 nitrogen and oxygen atoms in total. The molecule has 2 aromatic heterocycles. The first kappa shape index (κ1) is 19.2. The summed E-state index contributed by atoms with van der Waals surface area (Å²) in [5.74, 6) is 0.772. The largest absolute Gasteiger partial charge is 0.461 e. The fraction of sp³-hybridized carbons (Fsp3) is 0.300. The van der Waals surface area contributed by atoms with Crippen LogP contribution in [0, 0.1) is 0 Å². The second-order valence-corrected chi connectivity index (χ2v) is 7.16. The number of halogens is 1. The Bertz CT molecular complexity index is 1010. The molecule has 9 heteroatoms. The second-order valence-electron chi connectivity index (χ2n) is 6.73. The van der Waals surface area contributed by atoms with E-state index in [4.69, 9.17) is 20.5 Å². The summed E-state index contributed by atoms with van der Waals surface area (Å²) in [5, 5.41) is 7.07. The van der Waals surface area contributed by atoms with E-state index < -0.39 is 0 Å². The number of likely N-dealkylation sites (tertiary alicyclic amines) is 1. The molecule has 1 aromatic carbocycles. The molecule has 0 saturated carbocycles. The van der Waals surface area contributed by atoms with Crippen LogP contribution in [0.25, 0.3) is 11.6 Å². The van der Waals surface area contributed by atoms with Crippen molar-refractivity contribution in [2.24, 2.45) is 0 Å². The van der Waals surface area contributed by atoms with E-state index in [9.17, 15) is 9.59 Å². The van der Waals surface area contributed by atoms with Gasteiger partial charge < -0.3 is 19.2 Å². The minimum Gasteiger partial charge on any atom is -0.461 e. The van der Waals surface area contributed by atoms with Crippen LogP contribution < -0.4 is 5.32 Å². The Kier molecular flexibility index (Phi) is 5.62. The Morgan fingerprint density at radius 3 is 2.79 bits per heavy atom. The van der Waals surface area contributed by atoms with Crippen molar-refractivity contribution in [3.05, 3.63) is 53.1 Å². The monoisotopic (exact) mass is 414 g/mol. The molecule has 4 rings (SSSR count). The van der Waals surface area contributed by atoms with Gasteiger partial charge in [-0.05, 0) is 43.2 Å². The predicted molar refractivity (Wildman–Crippen MR) is 106 cm³/mol. The van der Waals surface area contributed by atoms with Crippen LogP contribution in [-0.2, 0) is 11.2 Å². The molecule has 0 spiro atoms. The zero-order chi connectivity index (χ0) is 20.2. The Hall–Kier alpha value is -3.13. The van der Waals surface area contributed by atoms with Gasteiger partial charge in [-0.1, -0.05) is 16.8 Å². The number of rotatable bonds is 6. The fourth-order valence-corrected chi connectivity index (χ4v) is 3.36. The Labute approximate surface area is 171 Å². The van der Waals surface area contributed by atoms with Gasteiger partial charge >= 0.3 is 0 Å². The molecule has 1 fully saturated rings. The fourth-order valence-electron chi connectivity index (χ4n) is 3.19. The summed E-state index contributed by atoms with van der Waals surface area (Å²) in [6.45, 7) is 1.43. The van der Waals surface area contributed by atoms with Gasteiger partial charge in [-0.25, -0.2) is 0 Å². The molecule has 3 heterocycles. The maximum Gasteiger partial charge on any atom is 0.256 e. The second kappa shape index (κ2) is 8.48. The lowest BCUT2D eigenvalue weighted by molar-refractivity contribution is -0.116. The van der Waals surface area contributed by atoms with Gasteiger partial charge in [0.25, 0.3) is 5.91 Å².